The standard InChI is InChI=1S/C36H33IN3/c1-4-36(2)31-11-7-5-9-27(31)28-19-15-25(22-32(28)36)35(38)39-26-17-13-23(14-18-26)24-16-20-34-30(21-24)29-10-6-8-12-33(29)40(34)37-3/h5-22,35,39H,4,38H2,1-3H3/q-1/t35-,36?/m1/s1. The maximum absolute atomic E-state index is 6.73. The number of nitrogens with zero attached hydrogens (tertiary/aromatic N) is 1. The first-order chi connectivity index (χ1) is 19.5. The first-order valence-corrected chi connectivity index (χ1v) is 17.0. The zero-order chi connectivity index (χ0) is 27.4. The number of nitrogens with two attached hydrogens (primary N) is 1. The van der Waals surface area contributed by atoms with E-state index in [-0.39, 0.29) is 33.1 Å². The van der Waals surface area contributed by atoms with Gasteiger partial charge in [-0.15, -0.1) is 0 Å². The topological polar surface area (TPSA) is 43.0 Å². The van der Waals surface area contributed by atoms with Gasteiger partial charge in [0.2, 0.25) is 0 Å². The zero-order valence-electron chi connectivity index (χ0n) is 23.1. The van der Waals surface area contributed by atoms with E-state index in [1.165, 1.54) is 55.2 Å². The summed E-state index contributed by atoms with van der Waals surface area (Å²) in [5.74, 6) is 0. The number of hydrogen-bond acceptors (Lipinski definition) is 2. The van der Waals surface area contributed by atoms with E-state index in [1.54, 1.807) is 0 Å². The number of rotatable bonds is 6. The Labute approximate surface area is 246 Å². The van der Waals surface area contributed by atoms with Crippen LogP contribution in [0.4, 0.5) is 5.69 Å². The molecule has 0 radical (unpaired) electrons. The molecule has 5 aromatic carbocycles. The molecule has 1 aromatic heterocycles. The molecule has 3 nitrogen and oxygen atoms in total. The van der Waals surface area contributed by atoms with Crippen molar-refractivity contribution in [3.8, 4) is 22.3 Å². The molecule has 7 rings (SSSR count). The maximum Gasteiger partial charge on any atom is -0.0294 e. The van der Waals surface area contributed by atoms with Gasteiger partial charge in [-0.25, -0.2) is 0 Å². The van der Waals surface area contributed by atoms with Crippen molar-refractivity contribution in [2.75, 3.05) is 10.2 Å². The number of alkyl halides is 1. The molecule has 0 bridgehead atoms. The molecule has 0 saturated heterocycles. The molecule has 6 aromatic rings. The summed E-state index contributed by atoms with van der Waals surface area (Å²) >= 11 is -0.0798. The third-order valence-electron chi connectivity index (χ3n) is 8.84. The van der Waals surface area contributed by atoms with E-state index < -0.39 is 0 Å². The van der Waals surface area contributed by atoms with Crippen LogP contribution in [0.2, 0.25) is 0 Å². The molecule has 2 atom stereocenters. The normalized spacial score (nSPS) is 16.8. The largest absolute Gasteiger partial charge is 0.0509 e. The molecule has 0 aliphatic heterocycles. The Morgan fingerprint density at radius 3 is 2.25 bits per heavy atom. The smallest absolute Gasteiger partial charge is 0.0294 e. The van der Waals surface area contributed by atoms with Crippen LogP contribution in [0.1, 0.15) is 43.1 Å². The van der Waals surface area contributed by atoms with Crippen molar-refractivity contribution in [3.05, 3.63) is 126 Å². The maximum atomic E-state index is 6.73. The number of benzene rings is 5. The third kappa shape index (κ3) is 3.88. The van der Waals surface area contributed by atoms with E-state index in [9.17, 15) is 0 Å². The van der Waals surface area contributed by atoms with Gasteiger partial charge in [0.05, 0.1) is 0 Å². The summed E-state index contributed by atoms with van der Waals surface area (Å²) in [7, 11) is 0. The van der Waals surface area contributed by atoms with Gasteiger partial charge >= 0.3 is 157 Å². The number of anilines is 1. The Morgan fingerprint density at radius 1 is 0.750 bits per heavy atom. The Hall–Kier alpha value is -3.61. The average molecular weight is 635 g/mol. The predicted octanol–water partition coefficient (Wildman–Crippen LogP) is 5.71. The van der Waals surface area contributed by atoms with Crippen LogP contribution in [0.15, 0.2) is 109 Å². The van der Waals surface area contributed by atoms with Gasteiger partial charge in [-0.3, -0.25) is 0 Å². The minimum atomic E-state index is -0.291. The van der Waals surface area contributed by atoms with Crippen LogP contribution in [0.5, 0.6) is 0 Å². The summed E-state index contributed by atoms with van der Waals surface area (Å²) < 4.78 is 2.50. The second-order valence-corrected chi connectivity index (χ2v) is 12.9. The van der Waals surface area contributed by atoms with Gasteiger partial charge in [-0.2, -0.15) is 0 Å². The van der Waals surface area contributed by atoms with Gasteiger partial charge in [0.15, 0.2) is 0 Å². The quantitative estimate of drug-likeness (QED) is 0.140. The van der Waals surface area contributed by atoms with E-state index in [1.807, 2.05) is 0 Å². The zero-order valence-corrected chi connectivity index (χ0v) is 25.2. The number of hydrogen-bond donors (Lipinski definition) is 2. The molecule has 0 fully saturated rings. The Balaban J connectivity index is 1.15. The van der Waals surface area contributed by atoms with Gasteiger partial charge in [0.1, 0.15) is 0 Å². The molecule has 1 aliphatic carbocycles. The van der Waals surface area contributed by atoms with Crippen LogP contribution >= 0.6 is 0 Å². The Bertz CT molecular complexity index is 1890. The predicted molar refractivity (Wildman–Crippen MR) is 165 cm³/mol. The number of para-hydroxylation sites is 1. The van der Waals surface area contributed by atoms with E-state index in [0.29, 0.717) is 0 Å². The SMILES string of the molecule is CCC1(C)c2ccccc2-c2ccc([C@H](N)Nc3ccc(-c4ccc5c(c4)c4ccccc4n5[I-]C)cc3)cc21. The fourth-order valence-corrected chi connectivity index (χ4v) is 8.36. The minimum Gasteiger partial charge on any atom is -0.0509 e. The van der Waals surface area contributed by atoms with Gasteiger partial charge in [-0.05, 0) is 28.7 Å². The van der Waals surface area contributed by atoms with Crippen LogP contribution in [0, 0.1) is 0 Å². The van der Waals surface area contributed by atoms with Crippen LogP contribution in [-0.4, -0.2) is 7.71 Å². The Morgan fingerprint density at radius 2 is 1.45 bits per heavy atom. The molecular weight excluding hydrogens is 601 g/mol. The van der Waals surface area contributed by atoms with Crippen LogP contribution in [0.25, 0.3) is 44.1 Å². The summed E-state index contributed by atoms with van der Waals surface area (Å²) in [5, 5.41) is 6.20. The molecule has 40 heavy (non-hydrogen) atoms. The molecule has 200 valence electrons. The van der Waals surface area contributed by atoms with Gasteiger partial charge in [0, 0.05) is 5.41 Å². The summed E-state index contributed by atoms with van der Waals surface area (Å²) in [6.45, 7) is 4.64. The third-order valence-corrected chi connectivity index (χ3v) is 10.8. The fourth-order valence-electron chi connectivity index (χ4n) is 6.48. The van der Waals surface area contributed by atoms with Crippen LogP contribution in [0.3, 0.4) is 0 Å². The van der Waals surface area contributed by atoms with Gasteiger partial charge < -0.3 is 0 Å². The fraction of sp³-hybridized carbons (Fsp3) is 0.167. The molecule has 1 unspecified atom stereocenters. The van der Waals surface area contributed by atoms with Crippen LogP contribution in [-0.2, 0) is 5.41 Å². The monoisotopic (exact) mass is 634 g/mol. The first-order valence-electron chi connectivity index (χ1n) is 13.9. The van der Waals surface area contributed by atoms with Crippen molar-refractivity contribution >= 4 is 27.5 Å². The summed E-state index contributed by atoms with van der Waals surface area (Å²) in [4.78, 5) is 2.32. The number of aromatic nitrogens is 1. The second kappa shape index (κ2) is 9.79. The molecule has 0 spiro atoms. The average Bonchev–Trinajstić information content (AvgIpc) is 3.46. The van der Waals surface area contributed by atoms with E-state index in [0.717, 1.165) is 17.7 Å². The molecular formula is C36H33IN3-. The van der Waals surface area contributed by atoms with Crippen LogP contribution < -0.4 is 32.5 Å². The van der Waals surface area contributed by atoms with Gasteiger partial charge in [0.25, 0.3) is 0 Å². The molecule has 0 saturated carbocycles. The minimum absolute atomic E-state index is 0.00950. The van der Waals surface area contributed by atoms with Crippen molar-refractivity contribution in [1.29, 1.82) is 0 Å². The van der Waals surface area contributed by atoms with Crippen molar-refractivity contribution in [1.82, 2.24) is 2.78 Å². The van der Waals surface area contributed by atoms with Crippen molar-refractivity contribution < 1.29 is 21.5 Å². The summed E-state index contributed by atoms with van der Waals surface area (Å²) in [6.07, 6.45) is 0.762. The molecule has 3 N–H and O–H groups in total. The van der Waals surface area contributed by atoms with E-state index >= 15 is 0 Å². The summed E-state index contributed by atoms with van der Waals surface area (Å²) in [5.41, 5.74) is 19.5. The second-order valence-electron chi connectivity index (χ2n) is 10.9. The Kier molecular flexibility index (Phi) is 6.21. The number of halogens is 1. The molecule has 1 aliphatic rings. The van der Waals surface area contributed by atoms with Gasteiger partial charge in [-0.1, -0.05) is 56.3 Å². The number of nitrogens with one attached hydrogen (secondary N) is 1. The number of fused-ring (bicyclic) bond motifs is 6. The van der Waals surface area contributed by atoms with Crippen molar-refractivity contribution in [2.24, 2.45) is 5.73 Å². The van der Waals surface area contributed by atoms with E-state index in [2.05, 4.69) is 136 Å². The summed E-state index contributed by atoms with van der Waals surface area (Å²) in [6, 6.07) is 39.8. The molecule has 0 amide bonds. The molecule has 4 heteroatoms. The first kappa shape index (κ1) is 25.4. The molecule has 1 heterocycles. The van der Waals surface area contributed by atoms with E-state index in [4.69, 9.17) is 5.73 Å². The van der Waals surface area contributed by atoms with Crippen molar-refractivity contribution in [2.45, 2.75) is 31.8 Å². The van der Waals surface area contributed by atoms with Crippen molar-refractivity contribution in [3.63, 3.8) is 0 Å².